The van der Waals surface area contributed by atoms with E-state index < -0.39 is 17.6 Å². The lowest BCUT2D eigenvalue weighted by molar-refractivity contribution is -0.137. The lowest BCUT2D eigenvalue weighted by Crippen LogP contribution is -2.43. The Bertz CT molecular complexity index is 1250. The van der Waals surface area contributed by atoms with Crippen LogP contribution in [0.3, 0.4) is 0 Å². The number of hydrogen-bond acceptors (Lipinski definition) is 7. The lowest BCUT2D eigenvalue weighted by atomic mass is 10.0. The molecule has 8 nitrogen and oxygen atoms in total. The van der Waals surface area contributed by atoms with Crippen LogP contribution in [0.25, 0.3) is 11.3 Å². The van der Waals surface area contributed by atoms with Crippen molar-refractivity contribution in [2.75, 3.05) is 23.3 Å². The summed E-state index contributed by atoms with van der Waals surface area (Å²) < 4.78 is 39.0. The number of anilines is 3. The Morgan fingerprint density at radius 3 is 2.50 bits per heavy atom. The number of amides is 1. The molecule has 1 aliphatic heterocycles. The molecule has 5 N–H and O–H groups in total. The molecule has 4 rings (SSSR count). The van der Waals surface area contributed by atoms with E-state index >= 15 is 0 Å². The van der Waals surface area contributed by atoms with E-state index in [1.165, 1.54) is 18.3 Å². The molecule has 0 bridgehead atoms. The topological polar surface area (TPSA) is 123 Å². The van der Waals surface area contributed by atoms with E-state index in [2.05, 4.69) is 20.3 Å². The number of nitrogens with two attached hydrogens (primary N) is 2. The SMILES string of the molecule is CC(C)c1cc(Nc2nc(N3CCC[C@H](N)C3)ncc2C(N)=O)cc(-c2ccc(C(F)(F)F)cc2)n1. The fourth-order valence-electron chi connectivity index (χ4n) is 4.03. The predicted octanol–water partition coefficient (Wildman–Crippen LogP) is 4.45. The summed E-state index contributed by atoms with van der Waals surface area (Å²) in [5.74, 6) is -0.00322. The van der Waals surface area contributed by atoms with E-state index in [0.717, 1.165) is 31.5 Å². The van der Waals surface area contributed by atoms with Crippen molar-refractivity contribution in [2.24, 2.45) is 11.5 Å². The minimum Gasteiger partial charge on any atom is -0.365 e. The highest BCUT2D eigenvalue weighted by atomic mass is 19.4. The second-order valence-corrected chi connectivity index (χ2v) is 9.17. The van der Waals surface area contributed by atoms with Gasteiger partial charge in [0.1, 0.15) is 11.4 Å². The van der Waals surface area contributed by atoms with Crippen LogP contribution in [0.2, 0.25) is 0 Å². The normalized spacial score (nSPS) is 16.3. The maximum atomic E-state index is 13.0. The van der Waals surface area contributed by atoms with Gasteiger partial charge >= 0.3 is 6.18 Å². The summed E-state index contributed by atoms with van der Waals surface area (Å²) in [7, 11) is 0. The third kappa shape index (κ3) is 5.73. The summed E-state index contributed by atoms with van der Waals surface area (Å²) in [6.07, 6.45) is -1.22. The number of primary amides is 1. The van der Waals surface area contributed by atoms with Crippen LogP contribution in [-0.2, 0) is 6.18 Å². The third-order valence-corrected chi connectivity index (χ3v) is 5.99. The molecule has 11 heteroatoms. The molecular formula is C25H28F3N7O. The van der Waals surface area contributed by atoms with E-state index in [9.17, 15) is 18.0 Å². The van der Waals surface area contributed by atoms with E-state index in [4.69, 9.17) is 11.5 Å². The number of hydrogen-bond donors (Lipinski definition) is 3. The zero-order valence-electron chi connectivity index (χ0n) is 20.0. The molecule has 36 heavy (non-hydrogen) atoms. The van der Waals surface area contributed by atoms with Gasteiger partial charge in [-0.05, 0) is 43.0 Å². The fraction of sp³-hybridized carbons (Fsp3) is 0.360. The van der Waals surface area contributed by atoms with Crippen LogP contribution in [0.15, 0.2) is 42.6 Å². The highest BCUT2D eigenvalue weighted by Crippen LogP contribution is 2.32. The highest BCUT2D eigenvalue weighted by molar-refractivity contribution is 5.98. The van der Waals surface area contributed by atoms with Crippen LogP contribution in [0.4, 0.5) is 30.6 Å². The minimum atomic E-state index is -4.42. The highest BCUT2D eigenvalue weighted by Gasteiger charge is 2.30. The van der Waals surface area contributed by atoms with Gasteiger partial charge in [-0.1, -0.05) is 26.0 Å². The first kappa shape index (κ1) is 25.4. The number of nitrogens with zero attached hydrogens (tertiary/aromatic N) is 4. The molecule has 0 spiro atoms. The standard InChI is InChI=1S/C25H28F3N7O/c1-14(2)20-10-18(11-21(33-20)15-5-7-16(8-6-15)25(26,27)28)32-23-19(22(30)36)12-31-24(34-23)35-9-3-4-17(29)13-35/h5-8,10-12,14,17H,3-4,9,13,29H2,1-2H3,(H2,30,36)(H,31,32,33,34)/t17-/m0/s1. The summed E-state index contributed by atoms with van der Waals surface area (Å²) >= 11 is 0. The van der Waals surface area contributed by atoms with E-state index in [1.54, 1.807) is 6.07 Å². The van der Waals surface area contributed by atoms with Gasteiger partial charge < -0.3 is 21.7 Å². The van der Waals surface area contributed by atoms with Crippen molar-refractivity contribution in [2.45, 2.75) is 44.8 Å². The van der Waals surface area contributed by atoms with Gasteiger partial charge in [-0.2, -0.15) is 18.2 Å². The van der Waals surface area contributed by atoms with Crippen LogP contribution in [0.5, 0.6) is 0 Å². The largest absolute Gasteiger partial charge is 0.416 e. The number of carbonyl (C=O) groups is 1. The van der Waals surface area contributed by atoms with Crippen molar-refractivity contribution in [3.05, 3.63) is 59.4 Å². The molecule has 0 radical (unpaired) electrons. The number of rotatable bonds is 6. The van der Waals surface area contributed by atoms with Gasteiger partial charge in [0.05, 0.1) is 11.3 Å². The van der Waals surface area contributed by atoms with Gasteiger partial charge in [0, 0.05) is 42.3 Å². The number of halogens is 3. The Hall–Kier alpha value is -3.73. The number of alkyl halides is 3. The van der Waals surface area contributed by atoms with Gasteiger partial charge in [0.15, 0.2) is 0 Å². The maximum Gasteiger partial charge on any atom is 0.416 e. The molecule has 1 saturated heterocycles. The molecule has 1 aromatic carbocycles. The lowest BCUT2D eigenvalue weighted by Gasteiger charge is -2.31. The Kier molecular flexibility index (Phi) is 7.11. The van der Waals surface area contributed by atoms with E-state index in [0.29, 0.717) is 35.1 Å². The van der Waals surface area contributed by atoms with Crippen molar-refractivity contribution < 1.29 is 18.0 Å². The first-order valence-electron chi connectivity index (χ1n) is 11.6. The Morgan fingerprint density at radius 1 is 1.17 bits per heavy atom. The molecule has 190 valence electrons. The first-order chi connectivity index (χ1) is 17.0. The van der Waals surface area contributed by atoms with Gasteiger partial charge in [0.25, 0.3) is 5.91 Å². The van der Waals surface area contributed by atoms with Crippen LogP contribution in [0, 0.1) is 0 Å². The molecule has 3 aromatic rings. The van der Waals surface area contributed by atoms with Crippen molar-refractivity contribution in [1.82, 2.24) is 15.0 Å². The van der Waals surface area contributed by atoms with Gasteiger partial charge in [-0.3, -0.25) is 9.78 Å². The molecule has 1 amide bonds. The monoisotopic (exact) mass is 499 g/mol. The van der Waals surface area contributed by atoms with Crippen LogP contribution >= 0.6 is 0 Å². The van der Waals surface area contributed by atoms with E-state index in [-0.39, 0.29) is 23.3 Å². The number of piperidine rings is 1. The molecule has 0 unspecified atom stereocenters. The average molecular weight is 500 g/mol. The molecule has 1 atom stereocenters. The van der Waals surface area contributed by atoms with Crippen LogP contribution < -0.4 is 21.7 Å². The van der Waals surface area contributed by atoms with Crippen molar-refractivity contribution in [1.29, 1.82) is 0 Å². The third-order valence-electron chi connectivity index (χ3n) is 5.99. The molecule has 3 heterocycles. The average Bonchev–Trinajstić information content (AvgIpc) is 2.83. The second-order valence-electron chi connectivity index (χ2n) is 9.17. The number of aromatic nitrogens is 3. The minimum absolute atomic E-state index is 0.00895. The summed E-state index contributed by atoms with van der Waals surface area (Å²) in [4.78, 5) is 27.6. The molecule has 0 aliphatic carbocycles. The van der Waals surface area contributed by atoms with Crippen LogP contribution in [-0.4, -0.2) is 40.0 Å². The predicted molar refractivity (Wildman–Crippen MR) is 132 cm³/mol. The quantitative estimate of drug-likeness (QED) is 0.458. The summed E-state index contributed by atoms with van der Waals surface area (Å²) in [6, 6.07) is 8.33. The fourth-order valence-corrected chi connectivity index (χ4v) is 4.03. The first-order valence-corrected chi connectivity index (χ1v) is 11.6. The van der Waals surface area contributed by atoms with Crippen molar-refractivity contribution in [3.63, 3.8) is 0 Å². The second kappa shape index (κ2) is 10.1. The molecule has 1 fully saturated rings. The number of nitrogens with one attached hydrogen (secondary N) is 1. The van der Waals surface area contributed by atoms with Gasteiger partial charge in [-0.25, -0.2) is 4.98 Å². The molecular weight excluding hydrogens is 471 g/mol. The Balaban J connectivity index is 1.72. The van der Waals surface area contributed by atoms with E-state index in [1.807, 2.05) is 24.8 Å². The number of carbonyl (C=O) groups excluding carboxylic acids is 1. The maximum absolute atomic E-state index is 13.0. The molecule has 0 saturated carbocycles. The van der Waals surface area contributed by atoms with Crippen molar-refractivity contribution in [3.8, 4) is 11.3 Å². The zero-order valence-corrected chi connectivity index (χ0v) is 20.0. The van der Waals surface area contributed by atoms with Crippen LogP contribution in [0.1, 0.15) is 54.2 Å². The van der Waals surface area contributed by atoms with Gasteiger partial charge in [-0.15, -0.1) is 0 Å². The van der Waals surface area contributed by atoms with Crippen molar-refractivity contribution >= 4 is 23.4 Å². The van der Waals surface area contributed by atoms with Gasteiger partial charge in [0.2, 0.25) is 5.95 Å². The summed E-state index contributed by atoms with van der Waals surface area (Å²) in [5, 5.41) is 3.16. The smallest absolute Gasteiger partial charge is 0.365 e. The number of pyridine rings is 1. The molecule has 1 aliphatic rings. The Morgan fingerprint density at radius 2 is 1.89 bits per heavy atom. The zero-order chi connectivity index (χ0) is 26.0. The summed E-state index contributed by atoms with van der Waals surface area (Å²) in [6.45, 7) is 5.26. The summed E-state index contributed by atoms with van der Waals surface area (Å²) in [5.41, 5.74) is 13.3. The number of benzene rings is 1. The Labute approximate surface area is 206 Å². The molecule has 2 aromatic heterocycles.